The van der Waals surface area contributed by atoms with E-state index in [0.717, 1.165) is 5.56 Å². The van der Waals surface area contributed by atoms with Crippen molar-refractivity contribution in [2.45, 2.75) is 25.1 Å². The van der Waals surface area contributed by atoms with Crippen molar-refractivity contribution in [3.05, 3.63) is 58.9 Å². The van der Waals surface area contributed by atoms with Crippen LogP contribution in [0.5, 0.6) is 5.75 Å². The highest BCUT2D eigenvalue weighted by Crippen LogP contribution is 2.48. The number of halogens is 2. The Morgan fingerprint density at radius 3 is 2.91 bits per heavy atom. The monoisotopic (exact) mass is 348 g/mol. The van der Waals surface area contributed by atoms with Crippen LogP contribution in [0.1, 0.15) is 24.9 Å². The zero-order valence-electron chi connectivity index (χ0n) is 12.3. The van der Waals surface area contributed by atoms with Crippen molar-refractivity contribution in [2.24, 2.45) is 0 Å². The van der Waals surface area contributed by atoms with Crippen molar-refractivity contribution in [1.29, 1.82) is 0 Å². The number of para-hydroxylation sites is 1. The average molecular weight is 349 g/mol. The number of anilines is 1. The molecule has 2 heterocycles. The van der Waals surface area contributed by atoms with Crippen molar-refractivity contribution in [3.8, 4) is 5.75 Å². The summed E-state index contributed by atoms with van der Waals surface area (Å²) in [5.41, 5.74) is 0.925. The fraction of sp³-hybridized carbons (Fsp3) is 0.235. The molecule has 3 nitrogen and oxygen atoms in total. The highest BCUT2D eigenvalue weighted by Gasteiger charge is 2.48. The summed E-state index contributed by atoms with van der Waals surface area (Å²) in [5.74, 6) is 0.342. The van der Waals surface area contributed by atoms with E-state index >= 15 is 0 Å². The number of ether oxygens (including phenoxy) is 1. The lowest BCUT2D eigenvalue weighted by atomic mass is 9.90. The van der Waals surface area contributed by atoms with Gasteiger partial charge in [0.25, 0.3) is 0 Å². The maximum Gasteiger partial charge on any atom is 0.188 e. The second-order valence-electron chi connectivity index (χ2n) is 5.96. The Morgan fingerprint density at radius 1 is 1.35 bits per heavy atom. The predicted octanol–water partition coefficient (Wildman–Crippen LogP) is 4.41. The van der Waals surface area contributed by atoms with E-state index < -0.39 is 5.72 Å². The van der Waals surface area contributed by atoms with Crippen LogP contribution in [0.3, 0.4) is 0 Å². The molecule has 2 aromatic rings. The molecule has 0 radical (unpaired) electrons. The Hall–Kier alpha value is -1.85. The quantitative estimate of drug-likeness (QED) is 0.771. The van der Waals surface area contributed by atoms with E-state index in [4.69, 9.17) is 28.6 Å². The maximum atomic E-state index is 13.6. The molecule has 0 aromatic heterocycles. The van der Waals surface area contributed by atoms with Crippen LogP contribution in [0.4, 0.5) is 10.1 Å². The zero-order valence-corrected chi connectivity index (χ0v) is 13.9. The molecule has 1 N–H and O–H groups in total. The molecule has 0 aliphatic carbocycles. The van der Waals surface area contributed by atoms with E-state index in [9.17, 15) is 4.39 Å². The Labute approximate surface area is 144 Å². The van der Waals surface area contributed by atoms with Gasteiger partial charge in [0.15, 0.2) is 10.8 Å². The minimum atomic E-state index is -0.723. The molecule has 0 amide bonds. The molecule has 1 fully saturated rings. The molecule has 2 aliphatic heterocycles. The lowest BCUT2D eigenvalue weighted by molar-refractivity contribution is 0.0498. The molecule has 0 saturated carbocycles. The fourth-order valence-electron chi connectivity index (χ4n) is 3.36. The van der Waals surface area contributed by atoms with Gasteiger partial charge in [0, 0.05) is 17.7 Å². The van der Waals surface area contributed by atoms with Gasteiger partial charge in [0.1, 0.15) is 11.6 Å². The molecule has 2 aliphatic rings. The number of rotatable bonds is 1. The van der Waals surface area contributed by atoms with Crippen LogP contribution in [-0.2, 0) is 0 Å². The third-order valence-corrected chi connectivity index (χ3v) is 4.92. The van der Waals surface area contributed by atoms with Gasteiger partial charge in [-0.15, -0.1) is 0 Å². The summed E-state index contributed by atoms with van der Waals surface area (Å²) in [5, 5.41) is 4.40. The molecular formula is C17H14ClFN2OS. The van der Waals surface area contributed by atoms with Crippen molar-refractivity contribution in [3.63, 3.8) is 0 Å². The van der Waals surface area contributed by atoms with Gasteiger partial charge in [0.05, 0.1) is 11.1 Å². The first-order valence-corrected chi connectivity index (χ1v) is 8.10. The molecule has 2 unspecified atom stereocenters. The van der Waals surface area contributed by atoms with Gasteiger partial charge in [-0.1, -0.05) is 29.8 Å². The van der Waals surface area contributed by atoms with Gasteiger partial charge in [-0.3, -0.25) is 4.90 Å². The first-order chi connectivity index (χ1) is 11.0. The van der Waals surface area contributed by atoms with E-state index in [2.05, 4.69) is 5.32 Å². The maximum absolute atomic E-state index is 13.6. The molecule has 2 bridgehead atoms. The Balaban J connectivity index is 1.84. The first kappa shape index (κ1) is 14.7. The van der Waals surface area contributed by atoms with Crippen molar-refractivity contribution in [1.82, 2.24) is 5.32 Å². The van der Waals surface area contributed by atoms with Gasteiger partial charge in [-0.2, -0.15) is 0 Å². The van der Waals surface area contributed by atoms with Crippen LogP contribution < -0.4 is 15.0 Å². The smallest absolute Gasteiger partial charge is 0.188 e. The third-order valence-electron chi connectivity index (χ3n) is 4.32. The first-order valence-electron chi connectivity index (χ1n) is 7.32. The summed E-state index contributed by atoms with van der Waals surface area (Å²) in [6.45, 7) is 1.95. The number of hydrogen-bond acceptors (Lipinski definition) is 2. The highest BCUT2D eigenvalue weighted by molar-refractivity contribution is 7.80. The van der Waals surface area contributed by atoms with Gasteiger partial charge >= 0.3 is 0 Å². The Morgan fingerprint density at radius 2 is 2.13 bits per heavy atom. The second-order valence-corrected chi connectivity index (χ2v) is 6.75. The fourth-order valence-corrected chi connectivity index (χ4v) is 4.02. The average Bonchev–Trinajstić information content (AvgIpc) is 2.48. The SMILES string of the molecule is CC12CC(NC(=S)N1c1cccc(F)c1)c1cccc(Cl)c1O2. The molecule has 0 spiro atoms. The highest BCUT2D eigenvalue weighted by atomic mass is 35.5. The van der Waals surface area contributed by atoms with E-state index in [1.165, 1.54) is 12.1 Å². The normalized spacial score (nSPS) is 25.4. The van der Waals surface area contributed by atoms with Crippen LogP contribution in [0, 0.1) is 5.82 Å². The van der Waals surface area contributed by atoms with E-state index in [-0.39, 0.29) is 11.9 Å². The molecule has 1 saturated heterocycles. The van der Waals surface area contributed by atoms with E-state index in [1.807, 2.05) is 30.0 Å². The largest absolute Gasteiger partial charge is 0.466 e. The lowest BCUT2D eigenvalue weighted by Crippen LogP contribution is -2.65. The predicted molar refractivity (Wildman–Crippen MR) is 92.5 cm³/mol. The summed E-state index contributed by atoms with van der Waals surface area (Å²) >= 11 is 11.8. The Bertz CT molecular complexity index is 815. The number of nitrogens with zero attached hydrogens (tertiary/aromatic N) is 1. The molecule has 118 valence electrons. The Kier molecular flexibility index (Phi) is 3.25. The van der Waals surface area contributed by atoms with Gasteiger partial charge in [-0.05, 0) is 43.4 Å². The number of fused-ring (bicyclic) bond motifs is 4. The van der Waals surface area contributed by atoms with Crippen molar-refractivity contribution < 1.29 is 9.13 Å². The lowest BCUT2D eigenvalue weighted by Gasteiger charge is -2.52. The summed E-state index contributed by atoms with van der Waals surface area (Å²) < 4.78 is 19.9. The van der Waals surface area contributed by atoms with Gasteiger partial charge in [0.2, 0.25) is 0 Å². The summed E-state index contributed by atoms with van der Waals surface area (Å²) in [7, 11) is 0. The van der Waals surface area contributed by atoms with Crippen molar-refractivity contribution in [2.75, 3.05) is 4.90 Å². The molecular weight excluding hydrogens is 335 g/mol. The molecule has 2 atom stereocenters. The van der Waals surface area contributed by atoms with E-state index in [1.54, 1.807) is 12.1 Å². The second kappa shape index (κ2) is 5.08. The summed E-state index contributed by atoms with van der Waals surface area (Å²) in [4.78, 5) is 1.81. The number of hydrogen-bond donors (Lipinski definition) is 1. The molecule has 4 rings (SSSR count). The molecule has 6 heteroatoms. The number of nitrogens with one attached hydrogen (secondary N) is 1. The van der Waals surface area contributed by atoms with Crippen molar-refractivity contribution >= 4 is 34.6 Å². The van der Waals surface area contributed by atoms with Crippen LogP contribution in [0.2, 0.25) is 5.02 Å². The summed E-state index contributed by atoms with van der Waals surface area (Å²) in [6, 6.07) is 12.0. The number of benzene rings is 2. The topological polar surface area (TPSA) is 24.5 Å². The van der Waals surface area contributed by atoms with Crippen LogP contribution in [-0.4, -0.2) is 10.8 Å². The zero-order chi connectivity index (χ0) is 16.2. The van der Waals surface area contributed by atoms with Crippen LogP contribution in [0.25, 0.3) is 0 Å². The van der Waals surface area contributed by atoms with Crippen LogP contribution in [0.15, 0.2) is 42.5 Å². The van der Waals surface area contributed by atoms with Crippen LogP contribution >= 0.6 is 23.8 Å². The summed E-state index contributed by atoms with van der Waals surface area (Å²) in [6.07, 6.45) is 0.678. The minimum Gasteiger partial charge on any atom is -0.466 e. The number of thiocarbonyl (C=S) groups is 1. The standard InChI is InChI=1S/C17H14ClFN2OS/c1-17-9-14(12-6-3-7-13(18)15(12)22-17)20-16(23)21(17)11-5-2-4-10(19)8-11/h2-8,14H,9H2,1H3,(H,20,23). The van der Waals surface area contributed by atoms with E-state index in [0.29, 0.717) is 28.0 Å². The van der Waals surface area contributed by atoms with Gasteiger partial charge < -0.3 is 10.1 Å². The molecule has 23 heavy (non-hydrogen) atoms. The van der Waals surface area contributed by atoms with Gasteiger partial charge in [-0.25, -0.2) is 4.39 Å². The third kappa shape index (κ3) is 2.26. The minimum absolute atomic E-state index is 0.0276. The molecule has 2 aromatic carbocycles.